The molecule has 0 spiro atoms. The third kappa shape index (κ3) is 2.49. The zero-order chi connectivity index (χ0) is 13.1. The van der Waals surface area contributed by atoms with Crippen molar-refractivity contribution in [1.82, 2.24) is 9.97 Å². The molecule has 0 atom stereocenters. The first-order valence-corrected chi connectivity index (χ1v) is 5.29. The Morgan fingerprint density at radius 1 is 1.33 bits per heavy atom. The number of rotatable bonds is 2. The van der Waals surface area contributed by atoms with E-state index in [9.17, 15) is 14.7 Å². The predicted octanol–water partition coefficient (Wildman–Crippen LogP) is 1.17. The number of halogens is 1. The van der Waals surface area contributed by atoms with Crippen molar-refractivity contribution in [2.75, 3.05) is 0 Å². The van der Waals surface area contributed by atoms with E-state index in [0.717, 1.165) is 0 Å². The van der Waals surface area contributed by atoms with Crippen LogP contribution in [-0.2, 0) is 0 Å². The quantitative estimate of drug-likeness (QED) is 0.711. The normalized spacial score (nSPS) is 10.9. The van der Waals surface area contributed by atoms with E-state index in [2.05, 4.69) is 9.98 Å². The summed E-state index contributed by atoms with van der Waals surface area (Å²) in [7, 11) is 0. The van der Waals surface area contributed by atoms with Crippen molar-refractivity contribution in [3.8, 4) is 5.75 Å². The van der Waals surface area contributed by atoms with Crippen molar-refractivity contribution in [2.24, 2.45) is 4.99 Å². The topological polar surface area (TPSA) is 98.3 Å². The van der Waals surface area contributed by atoms with Gasteiger partial charge in [-0.15, -0.1) is 0 Å². The molecule has 0 radical (unpaired) electrons. The molecule has 0 saturated heterocycles. The van der Waals surface area contributed by atoms with E-state index in [0.29, 0.717) is 5.56 Å². The molecule has 0 saturated carbocycles. The summed E-state index contributed by atoms with van der Waals surface area (Å²) in [6, 6.07) is 4.76. The van der Waals surface area contributed by atoms with Gasteiger partial charge in [0.05, 0.1) is 5.02 Å². The SMILES string of the molecule is O=c1[nH]cc(/N=C/c2cccc(Cl)c2O)c(=O)[nH]1. The number of nitrogens with one attached hydrogen (secondary N) is 2. The lowest BCUT2D eigenvalue weighted by Gasteiger charge is -1.99. The minimum absolute atomic E-state index is 0.0222. The molecule has 2 rings (SSSR count). The molecular weight excluding hydrogens is 258 g/mol. The fourth-order valence-corrected chi connectivity index (χ4v) is 1.46. The van der Waals surface area contributed by atoms with Gasteiger partial charge in [-0.1, -0.05) is 17.7 Å². The fourth-order valence-electron chi connectivity index (χ4n) is 1.27. The molecule has 18 heavy (non-hydrogen) atoms. The average molecular weight is 266 g/mol. The molecule has 0 amide bonds. The van der Waals surface area contributed by atoms with Gasteiger partial charge in [0.15, 0.2) is 0 Å². The van der Waals surface area contributed by atoms with Crippen LogP contribution in [0.4, 0.5) is 5.69 Å². The number of aromatic amines is 2. The molecule has 1 aromatic heterocycles. The van der Waals surface area contributed by atoms with Gasteiger partial charge in [-0.05, 0) is 12.1 Å². The maximum Gasteiger partial charge on any atom is 0.325 e. The van der Waals surface area contributed by atoms with E-state index in [1.54, 1.807) is 12.1 Å². The third-order valence-electron chi connectivity index (χ3n) is 2.16. The van der Waals surface area contributed by atoms with E-state index in [1.165, 1.54) is 18.5 Å². The van der Waals surface area contributed by atoms with Gasteiger partial charge in [-0.3, -0.25) is 9.78 Å². The summed E-state index contributed by atoms with van der Waals surface area (Å²) in [4.78, 5) is 30.3. The van der Waals surface area contributed by atoms with E-state index in [4.69, 9.17) is 11.6 Å². The molecule has 7 heteroatoms. The number of aromatic nitrogens is 2. The molecule has 0 bridgehead atoms. The molecule has 92 valence electrons. The van der Waals surface area contributed by atoms with Gasteiger partial charge in [0.2, 0.25) is 0 Å². The molecule has 0 aliphatic carbocycles. The Labute approximate surface area is 106 Å². The van der Waals surface area contributed by atoms with Crippen LogP contribution in [0.1, 0.15) is 5.56 Å². The Bertz CT molecular complexity index is 718. The van der Waals surface area contributed by atoms with Crippen LogP contribution >= 0.6 is 11.6 Å². The van der Waals surface area contributed by atoms with Crippen LogP contribution in [0.15, 0.2) is 39.0 Å². The Morgan fingerprint density at radius 3 is 2.83 bits per heavy atom. The number of H-pyrrole nitrogens is 2. The number of nitrogens with zero attached hydrogens (tertiary/aromatic N) is 1. The number of para-hydroxylation sites is 1. The van der Waals surface area contributed by atoms with Crippen molar-refractivity contribution in [2.45, 2.75) is 0 Å². The number of aliphatic imine (C=N–C) groups is 1. The molecule has 1 heterocycles. The molecule has 0 fully saturated rings. The van der Waals surface area contributed by atoms with E-state index < -0.39 is 11.2 Å². The van der Waals surface area contributed by atoms with Crippen LogP contribution < -0.4 is 11.2 Å². The Morgan fingerprint density at radius 2 is 2.11 bits per heavy atom. The molecule has 3 N–H and O–H groups in total. The van der Waals surface area contributed by atoms with Crippen LogP contribution in [0.25, 0.3) is 0 Å². The highest BCUT2D eigenvalue weighted by atomic mass is 35.5. The minimum Gasteiger partial charge on any atom is -0.506 e. The van der Waals surface area contributed by atoms with Crippen molar-refractivity contribution < 1.29 is 5.11 Å². The van der Waals surface area contributed by atoms with Crippen molar-refractivity contribution >= 4 is 23.5 Å². The van der Waals surface area contributed by atoms with Gasteiger partial charge in [0.25, 0.3) is 5.56 Å². The second kappa shape index (κ2) is 4.89. The number of benzene rings is 1. The number of phenolic OH excluding ortho intramolecular Hbond substituents is 1. The lowest BCUT2D eigenvalue weighted by atomic mass is 10.2. The summed E-state index contributed by atoms with van der Waals surface area (Å²) in [5.41, 5.74) is -0.830. The van der Waals surface area contributed by atoms with Gasteiger partial charge in [-0.2, -0.15) is 0 Å². The summed E-state index contributed by atoms with van der Waals surface area (Å²) < 4.78 is 0. The Balaban J connectivity index is 2.39. The van der Waals surface area contributed by atoms with Crippen molar-refractivity contribution in [3.63, 3.8) is 0 Å². The van der Waals surface area contributed by atoms with Gasteiger partial charge in [0.1, 0.15) is 11.4 Å². The molecule has 2 aromatic rings. The van der Waals surface area contributed by atoms with Gasteiger partial charge >= 0.3 is 5.69 Å². The lowest BCUT2D eigenvalue weighted by Crippen LogP contribution is -2.20. The van der Waals surface area contributed by atoms with Gasteiger partial charge in [0, 0.05) is 18.0 Å². The fraction of sp³-hybridized carbons (Fsp3) is 0. The maximum atomic E-state index is 11.3. The van der Waals surface area contributed by atoms with E-state index in [-0.39, 0.29) is 16.5 Å². The van der Waals surface area contributed by atoms with Crippen LogP contribution in [0.5, 0.6) is 5.75 Å². The second-order valence-electron chi connectivity index (χ2n) is 3.39. The van der Waals surface area contributed by atoms with Gasteiger partial charge < -0.3 is 10.1 Å². The average Bonchev–Trinajstić information content (AvgIpc) is 2.33. The second-order valence-corrected chi connectivity index (χ2v) is 3.80. The molecule has 0 aliphatic heterocycles. The highest BCUT2D eigenvalue weighted by Crippen LogP contribution is 2.25. The van der Waals surface area contributed by atoms with E-state index >= 15 is 0 Å². The lowest BCUT2D eigenvalue weighted by molar-refractivity contribution is 0.475. The molecule has 0 aliphatic rings. The molecule has 0 unspecified atom stereocenters. The largest absolute Gasteiger partial charge is 0.506 e. The zero-order valence-corrected chi connectivity index (χ0v) is 9.73. The van der Waals surface area contributed by atoms with Crippen LogP contribution in [-0.4, -0.2) is 21.3 Å². The smallest absolute Gasteiger partial charge is 0.325 e. The highest BCUT2D eigenvalue weighted by Gasteiger charge is 2.03. The number of phenols is 1. The predicted molar refractivity (Wildman–Crippen MR) is 68.1 cm³/mol. The van der Waals surface area contributed by atoms with Crippen molar-refractivity contribution in [3.05, 3.63) is 55.8 Å². The first kappa shape index (κ1) is 12.1. The van der Waals surface area contributed by atoms with Crippen LogP contribution in [0, 0.1) is 0 Å². The Hall–Kier alpha value is -2.34. The van der Waals surface area contributed by atoms with Gasteiger partial charge in [-0.25, -0.2) is 9.79 Å². The molecular formula is C11H8ClN3O3. The summed E-state index contributed by atoms with van der Waals surface area (Å²) >= 11 is 5.72. The minimum atomic E-state index is -0.614. The first-order valence-electron chi connectivity index (χ1n) is 4.91. The summed E-state index contributed by atoms with van der Waals surface area (Å²) in [6.45, 7) is 0. The maximum absolute atomic E-state index is 11.3. The standard InChI is InChI=1S/C11H8ClN3O3/c12-7-3-1-2-6(9(7)16)4-13-8-5-14-11(18)15-10(8)17/h1-5,16H,(H2,14,15,17,18)/b13-4+. The van der Waals surface area contributed by atoms with Crippen LogP contribution in [0.3, 0.4) is 0 Å². The van der Waals surface area contributed by atoms with E-state index in [1.807, 2.05) is 4.98 Å². The monoisotopic (exact) mass is 265 g/mol. The Kier molecular flexibility index (Phi) is 3.29. The molecule has 6 nitrogen and oxygen atoms in total. The van der Waals surface area contributed by atoms with Crippen molar-refractivity contribution in [1.29, 1.82) is 0 Å². The summed E-state index contributed by atoms with van der Waals surface area (Å²) in [5.74, 6) is -0.122. The summed E-state index contributed by atoms with van der Waals surface area (Å²) in [5, 5.41) is 9.81. The first-order chi connectivity index (χ1) is 8.58. The number of hydrogen-bond donors (Lipinski definition) is 3. The summed E-state index contributed by atoms with van der Waals surface area (Å²) in [6.07, 6.45) is 2.46. The number of hydrogen-bond acceptors (Lipinski definition) is 4. The van der Waals surface area contributed by atoms with Crippen LogP contribution in [0.2, 0.25) is 5.02 Å². The third-order valence-corrected chi connectivity index (χ3v) is 2.47. The zero-order valence-electron chi connectivity index (χ0n) is 8.98. The number of aromatic hydroxyl groups is 1. The highest BCUT2D eigenvalue weighted by molar-refractivity contribution is 6.32. The molecule has 1 aromatic carbocycles.